The molecule has 0 saturated carbocycles. The molecule has 3 N–H and O–H groups in total. The van der Waals surface area contributed by atoms with Crippen LogP contribution >= 0.6 is 0 Å². The van der Waals surface area contributed by atoms with Crippen molar-refractivity contribution < 1.29 is 4.74 Å². The minimum atomic E-state index is 0.703. The number of hydrogen-bond donors (Lipinski definition) is 3. The number of rotatable bonds is 9. The van der Waals surface area contributed by atoms with Crippen LogP contribution in [0, 0.1) is 0 Å². The van der Waals surface area contributed by atoms with Crippen molar-refractivity contribution in [1.29, 1.82) is 0 Å². The number of benzene rings is 3. The summed E-state index contributed by atoms with van der Waals surface area (Å²) in [4.78, 5) is 8.65. The molecule has 1 aromatic heterocycles. The molecule has 0 atom stereocenters. The minimum Gasteiger partial charge on any atom is -0.457 e. The Morgan fingerprint density at radius 1 is 0.677 bits per heavy atom. The van der Waals surface area contributed by atoms with Crippen molar-refractivity contribution in [1.82, 2.24) is 9.97 Å². The summed E-state index contributed by atoms with van der Waals surface area (Å²) in [7, 11) is 0. The van der Waals surface area contributed by atoms with E-state index in [4.69, 9.17) is 4.74 Å². The molecule has 156 valence electrons. The first kappa shape index (κ1) is 20.2. The van der Waals surface area contributed by atoms with Gasteiger partial charge in [0.05, 0.1) is 0 Å². The van der Waals surface area contributed by atoms with E-state index in [9.17, 15) is 0 Å². The van der Waals surface area contributed by atoms with Gasteiger partial charge in [0.15, 0.2) is 0 Å². The normalized spacial score (nSPS) is 10.4. The first-order valence-corrected chi connectivity index (χ1v) is 10.3. The van der Waals surface area contributed by atoms with E-state index in [2.05, 4.69) is 45.0 Å². The highest BCUT2D eigenvalue weighted by atomic mass is 16.5. The predicted molar refractivity (Wildman–Crippen MR) is 127 cm³/mol. The molecule has 0 fully saturated rings. The second kappa shape index (κ2) is 10.1. The van der Waals surface area contributed by atoms with Gasteiger partial charge in [-0.1, -0.05) is 31.2 Å². The average molecular weight is 412 g/mol. The smallest absolute Gasteiger partial charge is 0.135 e. The molecular formula is C25H25N5O. The lowest BCUT2D eigenvalue weighted by Crippen LogP contribution is -2.01. The van der Waals surface area contributed by atoms with Crippen LogP contribution in [0.4, 0.5) is 28.7 Å². The molecule has 6 heteroatoms. The molecule has 31 heavy (non-hydrogen) atoms. The van der Waals surface area contributed by atoms with Crippen molar-refractivity contribution in [2.45, 2.75) is 13.3 Å². The standard InChI is InChI=1S/C25H25N5O/c1-2-15-26-20-7-6-8-21(16-20)30-25-17-24(27-18-28-25)29-19-11-13-23(14-12-19)31-22-9-4-3-5-10-22/h3-14,16-18,26H,2,15H2,1H3,(H2,27,28,29,30). The molecule has 4 aromatic rings. The summed E-state index contributed by atoms with van der Waals surface area (Å²) >= 11 is 0. The van der Waals surface area contributed by atoms with E-state index < -0.39 is 0 Å². The number of para-hydroxylation sites is 1. The van der Waals surface area contributed by atoms with Crippen molar-refractivity contribution in [3.05, 3.63) is 91.3 Å². The molecule has 3 aromatic carbocycles. The van der Waals surface area contributed by atoms with E-state index in [1.54, 1.807) is 0 Å². The number of ether oxygens (including phenoxy) is 1. The van der Waals surface area contributed by atoms with Gasteiger partial charge < -0.3 is 20.7 Å². The lowest BCUT2D eigenvalue weighted by molar-refractivity contribution is 0.483. The first-order valence-electron chi connectivity index (χ1n) is 10.3. The lowest BCUT2D eigenvalue weighted by atomic mass is 10.2. The van der Waals surface area contributed by atoms with Gasteiger partial charge in [-0.3, -0.25) is 0 Å². The van der Waals surface area contributed by atoms with Gasteiger partial charge in [0.25, 0.3) is 0 Å². The lowest BCUT2D eigenvalue weighted by Gasteiger charge is -2.11. The van der Waals surface area contributed by atoms with Gasteiger partial charge in [-0.05, 0) is 61.0 Å². The Labute approximate surface area is 182 Å². The first-order chi connectivity index (χ1) is 15.3. The average Bonchev–Trinajstić information content (AvgIpc) is 2.80. The van der Waals surface area contributed by atoms with Gasteiger partial charge in [-0.15, -0.1) is 0 Å². The van der Waals surface area contributed by atoms with Crippen LogP contribution in [-0.4, -0.2) is 16.5 Å². The van der Waals surface area contributed by atoms with E-state index in [0.29, 0.717) is 11.6 Å². The Morgan fingerprint density at radius 3 is 2.10 bits per heavy atom. The summed E-state index contributed by atoms with van der Waals surface area (Å²) < 4.78 is 5.83. The van der Waals surface area contributed by atoms with Gasteiger partial charge in [0.1, 0.15) is 29.5 Å². The second-order valence-corrected chi connectivity index (χ2v) is 6.99. The largest absolute Gasteiger partial charge is 0.457 e. The number of nitrogens with one attached hydrogen (secondary N) is 3. The molecule has 0 amide bonds. The zero-order chi connectivity index (χ0) is 21.3. The molecule has 0 spiro atoms. The fraction of sp³-hybridized carbons (Fsp3) is 0.120. The predicted octanol–water partition coefficient (Wildman–Crippen LogP) is 6.58. The Hall–Kier alpha value is -4.06. The number of aromatic nitrogens is 2. The van der Waals surface area contributed by atoms with Crippen LogP contribution in [0.5, 0.6) is 11.5 Å². The molecule has 0 aliphatic carbocycles. The molecule has 1 heterocycles. The van der Waals surface area contributed by atoms with Gasteiger partial charge in [0.2, 0.25) is 0 Å². The highest BCUT2D eigenvalue weighted by Crippen LogP contribution is 2.25. The summed E-state index contributed by atoms with van der Waals surface area (Å²) in [5.74, 6) is 3.01. The van der Waals surface area contributed by atoms with Crippen LogP contribution in [0.15, 0.2) is 91.3 Å². The third kappa shape index (κ3) is 5.96. The zero-order valence-electron chi connectivity index (χ0n) is 17.4. The molecule has 0 radical (unpaired) electrons. The van der Waals surface area contributed by atoms with Crippen LogP contribution < -0.4 is 20.7 Å². The van der Waals surface area contributed by atoms with Crippen molar-refractivity contribution >= 4 is 28.7 Å². The summed E-state index contributed by atoms with van der Waals surface area (Å²) in [6, 6.07) is 27.5. The maximum absolute atomic E-state index is 5.83. The number of nitrogens with zero attached hydrogens (tertiary/aromatic N) is 2. The SMILES string of the molecule is CCCNc1cccc(Nc2cc(Nc3ccc(Oc4ccccc4)cc3)ncn2)c1. The van der Waals surface area contributed by atoms with Gasteiger partial charge in [-0.2, -0.15) is 0 Å². The molecular weight excluding hydrogens is 386 g/mol. The maximum atomic E-state index is 5.83. The summed E-state index contributed by atoms with van der Waals surface area (Å²) in [5, 5.41) is 10.0. The van der Waals surface area contributed by atoms with E-state index >= 15 is 0 Å². The van der Waals surface area contributed by atoms with Crippen LogP contribution in [0.3, 0.4) is 0 Å². The van der Waals surface area contributed by atoms with Gasteiger partial charge in [0, 0.05) is 29.7 Å². The van der Waals surface area contributed by atoms with Gasteiger partial charge in [-0.25, -0.2) is 9.97 Å². The maximum Gasteiger partial charge on any atom is 0.135 e. The van der Waals surface area contributed by atoms with Crippen LogP contribution in [0.1, 0.15) is 13.3 Å². The second-order valence-electron chi connectivity index (χ2n) is 6.99. The topological polar surface area (TPSA) is 71.1 Å². The van der Waals surface area contributed by atoms with Crippen molar-refractivity contribution in [3.63, 3.8) is 0 Å². The monoisotopic (exact) mass is 411 g/mol. The summed E-state index contributed by atoms with van der Waals surface area (Å²) in [5.41, 5.74) is 2.96. The molecule has 0 unspecified atom stereocenters. The van der Waals surface area contributed by atoms with Crippen LogP contribution in [0.25, 0.3) is 0 Å². The quantitative estimate of drug-likeness (QED) is 0.289. The molecule has 4 rings (SSSR count). The number of hydrogen-bond acceptors (Lipinski definition) is 6. The minimum absolute atomic E-state index is 0.703. The van der Waals surface area contributed by atoms with Gasteiger partial charge >= 0.3 is 0 Å². The van der Waals surface area contributed by atoms with Crippen LogP contribution in [-0.2, 0) is 0 Å². The fourth-order valence-corrected chi connectivity index (χ4v) is 3.00. The molecule has 0 saturated heterocycles. The van der Waals surface area contributed by atoms with Crippen molar-refractivity contribution in [2.75, 3.05) is 22.5 Å². The van der Waals surface area contributed by atoms with Crippen LogP contribution in [0.2, 0.25) is 0 Å². The van der Waals surface area contributed by atoms with Crippen molar-refractivity contribution in [3.8, 4) is 11.5 Å². The number of anilines is 5. The Balaban J connectivity index is 1.39. The fourth-order valence-electron chi connectivity index (χ4n) is 3.00. The van der Waals surface area contributed by atoms with E-state index in [1.807, 2.05) is 72.8 Å². The summed E-state index contributed by atoms with van der Waals surface area (Å²) in [6.45, 7) is 3.09. The third-order valence-electron chi connectivity index (χ3n) is 4.49. The Kier molecular flexibility index (Phi) is 6.60. The van der Waals surface area contributed by atoms with Crippen molar-refractivity contribution in [2.24, 2.45) is 0 Å². The van der Waals surface area contributed by atoms with E-state index in [-0.39, 0.29) is 0 Å². The zero-order valence-corrected chi connectivity index (χ0v) is 17.4. The van der Waals surface area contributed by atoms with E-state index in [0.717, 1.165) is 41.5 Å². The Bertz CT molecular complexity index is 1100. The highest BCUT2D eigenvalue weighted by Gasteiger charge is 2.03. The molecule has 6 nitrogen and oxygen atoms in total. The molecule has 0 aliphatic rings. The summed E-state index contributed by atoms with van der Waals surface area (Å²) in [6.07, 6.45) is 2.62. The third-order valence-corrected chi connectivity index (χ3v) is 4.49. The molecule has 0 aliphatic heterocycles. The molecule has 0 bridgehead atoms. The highest BCUT2D eigenvalue weighted by molar-refractivity contribution is 5.65. The Morgan fingerprint density at radius 2 is 1.35 bits per heavy atom. The van der Waals surface area contributed by atoms with E-state index in [1.165, 1.54) is 6.33 Å².